The average Bonchev–Trinajstić information content (AvgIpc) is 2.78. The second-order valence-corrected chi connectivity index (χ2v) is 5.64. The SMILES string of the molecule is COCOc1cc(C)c2c(c1)COCc1c(C(=O)OC)cccc1-2. The lowest BCUT2D eigenvalue weighted by atomic mass is 9.90. The van der Waals surface area contributed by atoms with Crippen LogP contribution >= 0.6 is 0 Å². The molecule has 0 bridgehead atoms. The van der Waals surface area contributed by atoms with Gasteiger partial charge in [0.25, 0.3) is 0 Å². The maximum Gasteiger partial charge on any atom is 0.338 e. The van der Waals surface area contributed by atoms with E-state index in [0.29, 0.717) is 18.8 Å². The summed E-state index contributed by atoms with van der Waals surface area (Å²) < 4.78 is 21.2. The minimum absolute atomic E-state index is 0.197. The van der Waals surface area contributed by atoms with Crippen molar-refractivity contribution in [1.82, 2.24) is 0 Å². The van der Waals surface area contributed by atoms with E-state index in [0.717, 1.165) is 33.6 Å². The van der Waals surface area contributed by atoms with E-state index in [1.54, 1.807) is 13.2 Å². The van der Waals surface area contributed by atoms with E-state index in [2.05, 4.69) is 0 Å². The van der Waals surface area contributed by atoms with Crippen LogP contribution in [0.4, 0.5) is 0 Å². The van der Waals surface area contributed by atoms with Crippen LogP contribution in [-0.2, 0) is 27.4 Å². The van der Waals surface area contributed by atoms with Crippen molar-refractivity contribution in [2.24, 2.45) is 0 Å². The van der Waals surface area contributed by atoms with Crippen LogP contribution in [-0.4, -0.2) is 27.0 Å². The van der Waals surface area contributed by atoms with Crippen molar-refractivity contribution in [3.63, 3.8) is 0 Å². The van der Waals surface area contributed by atoms with E-state index in [-0.39, 0.29) is 12.8 Å². The van der Waals surface area contributed by atoms with Crippen molar-refractivity contribution in [1.29, 1.82) is 0 Å². The van der Waals surface area contributed by atoms with Crippen LogP contribution in [0.5, 0.6) is 5.75 Å². The molecule has 24 heavy (non-hydrogen) atoms. The largest absolute Gasteiger partial charge is 0.468 e. The molecule has 126 valence electrons. The molecule has 1 aliphatic rings. The van der Waals surface area contributed by atoms with E-state index >= 15 is 0 Å². The van der Waals surface area contributed by atoms with Gasteiger partial charge < -0.3 is 18.9 Å². The fourth-order valence-electron chi connectivity index (χ4n) is 3.07. The minimum atomic E-state index is -0.350. The lowest BCUT2D eigenvalue weighted by molar-refractivity contribution is 0.0508. The Kier molecular flexibility index (Phi) is 4.83. The summed E-state index contributed by atoms with van der Waals surface area (Å²) in [7, 11) is 2.97. The molecule has 0 radical (unpaired) electrons. The van der Waals surface area contributed by atoms with Gasteiger partial charge in [0.1, 0.15) is 5.75 Å². The Morgan fingerprint density at radius 1 is 1.21 bits per heavy atom. The zero-order valence-electron chi connectivity index (χ0n) is 14.0. The van der Waals surface area contributed by atoms with Crippen molar-refractivity contribution in [2.45, 2.75) is 20.1 Å². The Balaban J connectivity index is 2.14. The highest BCUT2D eigenvalue weighted by atomic mass is 16.7. The molecule has 0 fully saturated rings. The molecule has 0 saturated heterocycles. The third kappa shape index (κ3) is 3.00. The van der Waals surface area contributed by atoms with Crippen molar-refractivity contribution >= 4 is 5.97 Å². The quantitative estimate of drug-likeness (QED) is 0.635. The summed E-state index contributed by atoms with van der Waals surface area (Å²) >= 11 is 0. The van der Waals surface area contributed by atoms with Gasteiger partial charge in [0.15, 0.2) is 6.79 Å². The van der Waals surface area contributed by atoms with Gasteiger partial charge in [-0.2, -0.15) is 0 Å². The van der Waals surface area contributed by atoms with Gasteiger partial charge in [-0.1, -0.05) is 12.1 Å². The van der Waals surface area contributed by atoms with E-state index in [1.165, 1.54) is 7.11 Å². The highest BCUT2D eigenvalue weighted by Gasteiger charge is 2.22. The predicted molar refractivity (Wildman–Crippen MR) is 89.0 cm³/mol. The van der Waals surface area contributed by atoms with Crippen LogP contribution in [0.3, 0.4) is 0 Å². The molecule has 0 amide bonds. The van der Waals surface area contributed by atoms with E-state index in [1.807, 2.05) is 31.2 Å². The molecule has 2 aromatic carbocycles. The second-order valence-electron chi connectivity index (χ2n) is 5.64. The normalized spacial score (nSPS) is 12.8. The molecule has 2 aromatic rings. The van der Waals surface area contributed by atoms with Gasteiger partial charge in [-0.3, -0.25) is 0 Å². The molecule has 0 unspecified atom stereocenters. The van der Waals surface area contributed by atoms with Gasteiger partial charge in [-0.25, -0.2) is 4.79 Å². The molecule has 0 aromatic heterocycles. The second kappa shape index (κ2) is 7.03. The Bertz CT molecular complexity index is 767. The molecule has 5 heteroatoms. The van der Waals surface area contributed by atoms with Crippen LogP contribution in [0.2, 0.25) is 0 Å². The van der Waals surface area contributed by atoms with Crippen LogP contribution in [0, 0.1) is 6.92 Å². The van der Waals surface area contributed by atoms with E-state index < -0.39 is 0 Å². The topological polar surface area (TPSA) is 54.0 Å². The standard InChI is InChI=1S/C19H20O5/c1-12-7-14(24-11-21-2)8-13-9-23-10-17-15(18(12)13)5-4-6-16(17)19(20)22-3/h4-8H,9-11H2,1-3H3. The number of benzene rings is 2. The first-order valence-electron chi connectivity index (χ1n) is 7.69. The summed E-state index contributed by atoms with van der Waals surface area (Å²) in [6.45, 7) is 3.04. The van der Waals surface area contributed by atoms with Crippen molar-refractivity contribution < 1.29 is 23.7 Å². The van der Waals surface area contributed by atoms with Gasteiger partial charge in [-0.15, -0.1) is 0 Å². The molecular formula is C19H20O5. The van der Waals surface area contributed by atoms with Crippen LogP contribution in [0.1, 0.15) is 27.0 Å². The Morgan fingerprint density at radius 2 is 2.04 bits per heavy atom. The molecule has 0 spiro atoms. The van der Waals surface area contributed by atoms with Gasteiger partial charge in [0.05, 0.1) is 25.9 Å². The lowest BCUT2D eigenvalue weighted by Crippen LogP contribution is -2.07. The average molecular weight is 328 g/mol. The summed E-state index contributed by atoms with van der Waals surface area (Å²) in [6.07, 6.45) is 0. The highest BCUT2D eigenvalue weighted by Crippen LogP contribution is 2.38. The smallest absolute Gasteiger partial charge is 0.338 e. The number of hydrogen-bond donors (Lipinski definition) is 0. The van der Waals surface area contributed by atoms with Crippen LogP contribution in [0.15, 0.2) is 30.3 Å². The summed E-state index contributed by atoms with van der Waals surface area (Å²) in [5, 5.41) is 0. The summed E-state index contributed by atoms with van der Waals surface area (Å²) in [6, 6.07) is 9.58. The molecule has 0 atom stereocenters. The number of esters is 1. The summed E-state index contributed by atoms with van der Waals surface area (Å²) in [5.74, 6) is 0.390. The predicted octanol–water partition coefficient (Wildman–Crippen LogP) is 3.46. The number of rotatable bonds is 4. The molecule has 1 heterocycles. The summed E-state index contributed by atoms with van der Waals surface area (Å²) in [5.41, 5.74) is 5.58. The lowest BCUT2D eigenvalue weighted by Gasteiger charge is -2.15. The summed E-state index contributed by atoms with van der Waals surface area (Å²) in [4.78, 5) is 12.1. The molecule has 1 aliphatic heterocycles. The third-order valence-corrected chi connectivity index (χ3v) is 4.09. The molecule has 0 N–H and O–H groups in total. The molecule has 3 rings (SSSR count). The van der Waals surface area contributed by atoms with Gasteiger partial charge in [0.2, 0.25) is 0 Å². The first kappa shape index (κ1) is 16.5. The zero-order valence-corrected chi connectivity index (χ0v) is 14.0. The Hall–Kier alpha value is -2.37. The first-order valence-corrected chi connectivity index (χ1v) is 7.69. The maximum absolute atomic E-state index is 12.1. The number of aryl methyl sites for hydroxylation is 1. The minimum Gasteiger partial charge on any atom is -0.468 e. The maximum atomic E-state index is 12.1. The molecule has 0 aliphatic carbocycles. The fraction of sp³-hybridized carbons (Fsp3) is 0.316. The van der Waals surface area contributed by atoms with Crippen molar-refractivity contribution in [2.75, 3.05) is 21.0 Å². The molecule has 5 nitrogen and oxygen atoms in total. The number of methoxy groups -OCH3 is 2. The number of fused-ring (bicyclic) bond motifs is 3. The van der Waals surface area contributed by atoms with Crippen LogP contribution in [0.25, 0.3) is 11.1 Å². The Morgan fingerprint density at radius 3 is 2.79 bits per heavy atom. The van der Waals surface area contributed by atoms with E-state index in [4.69, 9.17) is 18.9 Å². The number of hydrogen-bond acceptors (Lipinski definition) is 5. The molecular weight excluding hydrogens is 308 g/mol. The van der Waals surface area contributed by atoms with Crippen LogP contribution < -0.4 is 4.74 Å². The Labute approximate surface area is 141 Å². The zero-order chi connectivity index (χ0) is 17.1. The fourth-order valence-corrected chi connectivity index (χ4v) is 3.07. The number of carbonyl (C=O) groups excluding carboxylic acids is 1. The highest BCUT2D eigenvalue weighted by molar-refractivity contribution is 5.94. The van der Waals surface area contributed by atoms with Gasteiger partial charge in [0, 0.05) is 12.7 Å². The van der Waals surface area contributed by atoms with E-state index in [9.17, 15) is 4.79 Å². The molecule has 0 saturated carbocycles. The van der Waals surface area contributed by atoms with Crippen molar-refractivity contribution in [3.8, 4) is 16.9 Å². The number of carbonyl (C=O) groups is 1. The van der Waals surface area contributed by atoms with Crippen molar-refractivity contribution in [3.05, 3.63) is 52.6 Å². The van der Waals surface area contributed by atoms with Gasteiger partial charge in [-0.05, 0) is 47.4 Å². The van der Waals surface area contributed by atoms with Gasteiger partial charge >= 0.3 is 5.97 Å². The number of ether oxygens (including phenoxy) is 4. The third-order valence-electron chi connectivity index (χ3n) is 4.09. The monoisotopic (exact) mass is 328 g/mol. The first-order chi connectivity index (χ1) is 11.7.